The highest BCUT2D eigenvalue weighted by Crippen LogP contribution is 2.47. The van der Waals surface area contributed by atoms with E-state index < -0.39 is 44.5 Å². The average molecular weight is 797 g/mol. The second kappa shape index (κ2) is 17.0. The third kappa shape index (κ3) is 9.49. The van der Waals surface area contributed by atoms with Gasteiger partial charge < -0.3 is 25.2 Å². The summed E-state index contributed by atoms with van der Waals surface area (Å²) in [5.41, 5.74) is 1.03. The predicted molar refractivity (Wildman–Crippen MR) is 198 cm³/mol. The number of carbonyl (C=O) groups excluding carboxylic acids is 3. The second-order valence-electron chi connectivity index (χ2n) is 11.3. The number of phenolic OH excluding ortho intramolecular Hbond substituents is 1. The Morgan fingerprint density at radius 2 is 1.57 bits per heavy atom. The van der Waals surface area contributed by atoms with Crippen LogP contribution in [0.15, 0.2) is 105 Å². The van der Waals surface area contributed by atoms with Crippen molar-refractivity contribution >= 4 is 84.9 Å². The molecule has 0 aliphatic rings. The fraction of sp³-hybridized carbons (Fsp3) is 0.114. The molecule has 5 aromatic carbocycles. The predicted octanol–water partition coefficient (Wildman–Crippen LogP) is 7.83. The topological polar surface area (TPSA) is 232 Å². The maximum atomic E-state index is 13.6. The Morgan fingerprint density at radius 1 is 0.889 bits per heavy atom. The lowest BCUT2D eigenvalue weighted by molar-refractivity contribution is -0.432. The van der Waals surface area contributed by atoms with E-state index in [-0.39, 0.29) is 54.8 Å². The Kier molecular flexibility index (Phi) is 12.5. The van der Waals surface area contributed by atoms with Crippen molar-refractivity contribution in [2.45, 2.75) is 29.7 Å². The van der Waals surface area contributed by atoms with Gasteiger partial charge in [-0.25, -0.2) is 5.26 Å². The fourth-order valence-corrected chi connectivity index (χ4v) is 6.21. The molecule has 0 saturated carbocycles. The van der Waals surface area contributed by atoms with Gasteiger partial charge in [0.05, 0.1) is 51.0 Å². The number of rotatable bonds is 14. The third-order valence-electron chi connectivity index (χ3n) is 7.47. The van der Waals surface area contributed by atoms with Gasteiger partial charge in [-0.05, 0) is 96.7 Å². The van der Waals surface area contributed by atoms with Crippen molar-refractivity contribution in [2.75, 3.05) is 17.7 Å². The van der Waals surface area contributed by atoms with Crippen LogP contribution >= 0.6 is 23.6 Å². The largest absolute Gasteiger partial charge is 0.505 e. The molecule has 0 heterocycles. The van der Waals surface area contributed by atoms with E-state index >= 15 is 0 Å². The van der Waals surface area contributed by atoms with E-state index in [1.54, 1.807) is 30.3 Å². The summed E-state index contributed by atoms with van der Waals surface area (Å²) in [6.07, 6.45) is -1.66. The number of methoxy groups -OCH3 is 1. The summed E-state index contributed by atoms with van der Waals surface area (Å²) in [5, 5.41) is 37.2. The Balaban J connectivity index is 1.48. The molecule has 0 aromatic heterocycles. The molecule has 0 spiro atoms. The summed E-state index contributed by atoms with van der Waals surface area (Å²) in [6, 6.07) is 20.1. The van der Waals surface area contributed by atoms with E-state index in [0.717, 1.165) is 24.6 Å². The van der Waals surface area contributed by atoms with Crippen LogP contribution in [0, 0.1) is 6.92 Å². The van der Waals surface area contributed by atoms with Gasteiger partial charge in [-0.2, -0.15) is 13.5 Å². The van der Waals surface area contributed by atoms with E-state index in [0.29, 0.717) is 17.8 Å². The van der Waals surface area contributed by atoms with E-state index in [1.165, 1.54) is 49.6 Å². The Hall–Kier alpha value is -5.60. The molecule has 0 fully saturated rings. The van der Waals surface area contributed by atoms with Gasteiger partial charge in [0, 0.05) is 17.9 Å². The molecule has 0 aliphatic carbocycles. The van der Waals surface area contributed by atoms with Gasteiger partial charge in [0.15, 0.2) is 5.75 Å². The third-order valence-corrected chi connectivity index (χ3v) is 9.25. The second-order valence-corrected chi connectivity index (χ2v) is 13.9. The summed E-state index contributed by atoms with van der Waals surface area (Å²) in [5.74, 6) is -2.06. The first-order valence-corrected chi connectivity index (χ1v) is 17.9. The summed E-state index contributed by atoms with van der Waals surface area (Å²) in [6.45, 7) is 2.96. The summed E-state index contributed by atoms with van der Waals surface area (Å²) in [7, 11) is -3.27. The Bertz CT molecular complexity index is 2380. The lowest BCUT2D eigenvalue weighted by Crippen LogP contribution is -2.40. The first-order chi connectivity index (χ1) is 25.7. The summed E-state index contributed by atoms with van der Waals surface area (Å²) >= 11 is 6.66. The number of fused-ring (bicyclic) bond motifs is 1. The van der Waals surface area contributed by atoms with Crippen LogP contribution in [-0.2, 0) is 29.1 Å². The van der Waals surface area contributed by atoms with Crippen LogP contribution in [0.2, 0.25) is 5.02 Å². The van der Waals surface area contributed by atoms with Crippen LogP contribution < -0.4 is 20.1 Å². The van der Waals surface area contributed by atoms with E-state index in [2.05, 4.69) is 30.2 Å². The molecule has 5 N–H and O–H groups in total. The molecule has 54 heavy (non-hydrogen) atoms. The van der Waals surface area contributed by atoms with Crippen LogP contribution in [0.3, 0.4) is 0 Å². The minimum absolute atomic E-state index is 0.0170. The molecule has 1 unspecified atom stereocenters. The standard InChI is InChI=1S/C35H29ClN4O12S2/c1-18-4-13-26(36)27(14-18)38-35(44)34(32(42)20-5-9-23(49-3)10-6-20)50-24-11-7-22(8-12-24)39-40-31-29(53-52-51-45)16-21-15-25(54(46,47)48)17-28(37-19(2)41)30(21)33(31)43/h4-17,34,43,45H,1-3H3,(H,37,41)(H,38,44)(H,46,47,48). The number of ketones is 1. The maximum absolute atomic E-state index is 13.6. The molecule has 280 valence electrons. The highest BCUT2D eigenvalue weighted by atomic mass is 35.5. The number of hydrogen-bond acceptors (Lipinski definition) is 14. The zero-order valence-electron chi connectivity index (χ0n) is 28.3. The van der Waals surface area contributed by atoms with Gasteiger partial charge in [-0.15, -0.1) is 9.45 Å². The number of halogens is 1. The molecule has 0 bridgehead atoms. The number of phenols is 1. The highest BCUT2D eigenvalue weighted by Gasteiger charge is 2.31. The Labute approximate surface area is 316 Å². The quantitative estimate of drug-likeness (QED) is 0.0137. The van der Waals surface area contributed by atoms with Crippen LogP contribution in [0.4, 0.5) is 22.7 Å². The zero-order chi connectivity index (χ0) is 39.2. The van der Waals surface area contributed by atoms with E-state index in [9.17, 15) is 32.5 Å². The molecule has 5 rings (SSSR count). The van der Waals surface area contributed by atoms with E-state index in [4.69, 9.17) is 26.3 Å². The number of carbonyl (C=O) groups is 3. The molecule has 5 aromatic rings. The number of aryl methyl sites for hydroxylation is 1. The van der Waals surface area contributed by atoms with Crippen molar-refractivity contribution in [1.82, 2.24) is 0 Å². The molecule has 1 atom stereocenters. The molecule has 0 aliphatic heterocycles. The number of hydrogen-bond donors (Lipinski definition) is 5. The molecule has 0 radical (unpaired) electrons. The van der Waals surface area contributed by atoms with Gasteiger partial charge in [0.1, 0.15) is 17.2 Å². The Morgan fingerprint density at radius 3 is 2.20 bits per heavy atom. The first kappa shape index (κ1) is 39.6. The normalized spacial score (nSPS) is 12.0. The highest BCUT2D eigenvalue weighted by molar-refractivity contribution is 7.94. The van der Waals surface area contributed by atoms with Crippen molar-refractivity contribution in [3.8, 4) is 17.2 Å². The van der Waals surface area contributed by atoms with Crippen molar-refractivity contribution in [2.24, 2.45) is 10.2 Å². The minimum Gasteiger partial charge on any atom is -0.505 e. The number of anilines is 2. The van der Waals surface area contributed by atoms with Crippen LogP contribution in [0.1, 0.15) is 22.8 Å². The summed E-state index contributed by atoms with van der Waals surface area (Å²) in [4.78, 5) is 38.4. The number of nitrogens with zero attached hydrogens (tertiary/aromatic N) is 2. The van der Waals surface area contributed by atoms with E-state index in [1.807, 2.05) is 6.92 Å². The van der Waals surface area contributed by atoms with Crippen LogP contribution in [0.5, 0.6) is 17.2 Å². The lowest BCUT2D eigenvalue weighted by Gasteiger charge is -2.19. The molecule has 16 nitrogen and oxygen atoms in total. The molecular weight excluding hydrogens is 768 g/mol. The van der Waals surface area contributed by atoms with Crippen LogP contribution in [0.25, 0.3) is 10.8 Å². The maximum Gasteiger partial charge on any atom is 0.294 e. The van der Waals surface area contributed by atoms with Gasteiger partial charge >= 0.3 is 0 Å². The van der Waals surface area contributed by atoms with Crippen molar-refractivity contribution in [1.29, 1.82) is 0 Å². The van der Waals surface area contributed by atoms with Gasteiger partial charge in [0.2, 0.25) is 17.8 Å². The molecule has 19 heteroatoms. The number of benzene rings is 5. The monoisotopic (exact) mass is 796 g/mol. The lowest BCUT2D eigenvalue weighted by atomic mass is 10.0. The number of amides is 2. The number of Topliss-reactive ketones (excluding diaryl/α,β-unsaturated/α-hetero) is 1. The minimum atomic E-state index is -4.75. The average Bonchev–Trinajstić information content (AvgIpc) is 3.13. The van der Waals surface area contributed by atoms with Crippen molar-refractivity contribution in [3.05, 3.63) is 101 Å². The van der Waals surface area contributed by atoms with Gasteiger partial charge in [0.25, 0.3) is 16.0 Å². The smallest absolute Gasteiger partial charge is 0.294 e. The SMILES string of the molecule is COc1ccc(C(=O)C(Oc2ccc(N=Nc3c(SOOO)cc4cc(S(=O)(=O)O)cc(NC(C)=O)c4c3O)cc2)C(=O)Nc2cc(C)ccc2Cl)cc1. The number of aromatic hydroxyl groups is 1. The number of ether oxygens (including phenoxy) is 2. The number of azo groups is 1. The zero-order valence-corrected chi connectivity index (χ0v) is 30.7. The number of nitrogens with one attached hydrogen (secondary N) is 2. The first-order valence-electron chi connectivity index (χ1n) is 15.4. The molecule has 2 amide bonds. The molecular formula is C35H29ClN4O12S2. The van der Waals surface area contributed by atoms with Gasteiger partial charge in [-0.1, -0.05) is 22.7 Å². The molecule has 0 saturated heterocycles. The van der Waals surface area contributed by atoms with Gasteiger partial charge in [-0.3, -0.25) is 18.9 Å². The van der Waals surface area contributed by atoms with Crippen molar-refractivity contribution in [3.63, 3.8) is 0 Å². The van der Waals surface area contributed by atoms with Crippen molar-refractivity contribution < 1.29 is 56.6 Å². The summed E-state index contributed by atoms with van der Waals surface area (Å²) < 4.78 is 49.1. The van der Waals surface area contributed by atoms with Crippen LogP contribution in [-0.4, -0.2) is 54.1 Å². The fourth-order valence-electron chi connectivity index (χ4n) is 5.01.